The summed E-state index contributed by atoms with van der Waals surface area (Å²) in [4.78, 5) is 23.3. The summed E-state index contributed by atoms with van der Waals surface area (Å²) in [5.41, 5.74) is -1.19. The molecule has 1 atom stereocenters. The summed E-state index contributed by atoms with van der Waals surface area (Å²) < 4.78 is 5.17. The topological polar surface area (TPSA) is 87.7 Å². The fraction of sp³-hybridized carbons (Fsp3) is 0.857. The molecule has 0 radical (unpaired) electrons. The Balaban J connectivity index is 2.44. The summed E-state index contributed by atoms with van der Waals surface area (Å²) in [6.45, 7) is 4.79. The quantitative estimate of drug-likeness (QED) is 0.624. The third kappa shape index (κ3) is 5.00. The van der Waals surface area contributed by atoms with Gasteiger partial charge in [0.2, 0.25) is 0 Å². The molecular formula is C14H26N2O4. The van der Waals surface area contributed by atoms with Crippen LogP contribution in [0.15, 0.2) is 0 Å². The normalized spacial score (nSPS) is 19.1. The van der Waals surface area contributed by atoms with E-state index in [-0.39, 0.29) is 6.04 Å². The molecule has 6 nitrogen and oxygen atoms in total. The average molecular weight is 286 g/mol. The Labute approximate surface area is 120 Å². The molecule has 1 saturated heterocycles. The Morgan fingerprint density at radius 2 is 1.95 bits per heavy atom. The number of carboxylic acids is 1. The lowest BCUT2D eigenvalue weighted by Crippen LogP contribution is -2.60. The van der Waals surface area contributed by atoms with E-state index in [1.165, 1.54) is 0 Å². The summed E-state index contributed by atoms with van der Waals surface area (Å²) in [5.74, 6) is -0.991. The van der Waals surface area contributed by atoms with Gasteiger partial charge in [0, 0.05) is 32.1 Å². The second-order valence-corrected chi connectivity index (χ2v) is 5.49. The molecule has 2 amide bonds. The minimum Gasteiger partial charge on any atom is -0.480 e. The first-order valence-corrected chi connectivity index (χ1v) is 7.40. The Hall–Kier alpha value is -1.30. The number of aliphatic carboxylic acids is 1. The second kappa shape index (κ2) is 8.09. The highest BCUT2D eigenvalue weighted by molar-refractivity contribution is 5.86. The lowest BCUT2D eigenvalue weighted by molar-refractivity contribution is -0.148. The largest absolute Gasteiger partial charge is 0.480 e. The van der Waals surface area contributed by atoms with Crippen LogP contribution in [0.3, 0.4) is 0 Å². The molecule has 0 bridgehead atoms. The summed E-state index contributed by atoms with van der Waals surface area (Å²) >= 11 is 0. The van der Waals surface area contributed by atoms with E-state index in [2.05, 4.69) is 17.6 Å². The number of amides is 2. The van der Waals surface area contributed by atoms with Crippen LogP contribution in [0.25, 0.3) is 0 Å². The van der Waals surface area contributed by atoms with Gasteiger partial charge in [0.05, 0.1) is 0 Å². The minimum atomic E-state index is -1.19. The van der Waals surface area contributed by atoms with Crippen LogP contribution in [-0.2, 0) is 9.53 Å². The number of rotatable bonds is 7. The fourth-order valence-corrected chi connectivity index (χ4v) is 2.36. The average Bonchev–Trinajstić information content (AvgIpc) is 2.39. The van der Waals surface area contributed by atoms with E-state index in [0.29, 0.717) is 26.1 Å². The predicted molar refractivity (Wildman–Crippen MR) is 75.7 cm³/mol. The van der Waals surface area contributed by atoms with Crippen LogP contribution < -0.4 is 10.6 Å². The molecule has 3 N–H and O–H groups in total. The van der Waals surface area contributed by atoms with Crippen molar-refractivity contribution < 1.29 is 19.4 Å². The van der Waals surface area contributed by atoms with Gasteiger partial charge in [-0.1, -0.05) is 26.2 Å². The van der Waals surface area contributed by atoms with Crippen molar-refractivity contribution in [3.63, 3.8) is 0 Å². The first-order chi connectivity index (χ1) is 9.50. The van der Waals surface area contributed by atoms with Crippen molar-refractivity contribution in [3.05, 3.63) is 0 Å². The summed E-state index contributed by atoms with van der Waals surface area (Å²) in [6.07, 6.45) is 4.87. The molecule has 20 heavy (non-hydrogen) atoms. The zero-order chi connectivity index (χ0) is 15.0. The highest BCUT2D eigenvalue weighted by atomic mass is 16.5. The Morgan fingerprint density at radius 1 is 1.30 bits per heavy atom. The molecule has 6 heteroatoms. The number of nitrogens with one attached hydrogen (secondary N) is 2. The number of ether oxygens (including phenoxy) is 1. The summed E-state index contributed by atoms with van der Waals surface area (Å²) in [5, 5.41) is 14.8. The maximum absolute atomic E-state index is 11.9. The minimum absolute atomic E-state index is 0.0484. The lowest BCUT2D eigenvalue weighted by atomic mass is 9.90. The highest BCUT2D eigenvalue weighted by Crippen LogP contribution is 2.21. The zero-order valence-corrected chi connectivity index (χ0v) is 12.4. The van der Waals surface area contributed by atoms with Crippen molar-refractivity contribution in [2.45, 2.75) is 64.0 Å². The van der Waals surface area contributed by atoms with Crippen LogP contribution in [0.5, 0.6) is 0 Å². The van der Waals surface area contributed by atoms with Crippen molar-refractivity contribution in [2.75, 3.05) is 13.2 Å². The maximum atomic E-state index is 11.9. The second-order valence-electron chi connectivity index (χ2n) is 5.49. The smallest absolute Gasteiger partial charge is 0.329 e. The SMILES string of the molecule is CCCCCC(C)NC(=O)NC1(C(=O)O)CCOCC1. The highest BCUT2D eigenvalue weighted by Gasteiger charge is 2.41. The van der Waals surface area contributed by atoms with Gasteiger partial charge in [-0.2, -0.15) is 0 Å². The number of hydrogen-bond donors (Lipinski definition) is 3. The number of carbonyl (C=O) groups excluding carboxylic acids is 1. The lowest BCUT2D eigenvalue weighted by Gasteiger charge is -2.34. The maximum Gasteiger partial charge on any atom is 0.329 e. The molecule has 1 unspecified atom stereocenters. The Bertz CT molecular complexity index is 327. The molecule has 0 spiro atoms. The number of carbonyl (C=O) groups is 2. The summed E-state index contributed by atoms with van der Waals surface area (Å²) in [6, 6.07) is -0.356. The molecule has 1 aliphatic heterocycles. The fourth-order valence-electron chi connectivity index (χ4n) is 2.36. The van der Waals surface area contributed by atoms with Gasteiger partial charge in [0.1, 0.15) is 5.54 Å². The van der Waals surface area contributed by atoms with E-state index >= 15 is 0 Å². The van der Waals surface area contributed by atoms with Gasteiger partial charge >= 0.3 is 12.0 Å². The molecule has 116 valence electrons. The van der Waals surface area contributed by atoms with Crippen LogP contribution >= 0.6 is 0 Å². The molecule has 0 aromatic rings. The van der Waals surface area contributed by atoms with Gasteiger partial charge in [-0.05, 0) is 13.3 Å². The van der Waals surface area contributed by atoms with Crippen molar-refractivity contribution >= 4 is 12.0 Å². The first-order valence-electron chi connectivity index (χ1n) is 7.40. The predicted octanol–water partition coefficient (Wildman–Crippen LogP) is 1.89. The standard InChI is InChI=1S/C14H26N2O4/c1-3-4-5-6-11(2)15-13(19)16-14(12(17)18)7-9-20-10-8-14/h11H,3-10H2,1-2H3,(H,17,18)(H2,15,16,19). The van der Waals surface area contributed by atoms with Crippen molar-refractivity contribution in [1.82, 2.24) is 10.6 Å². The molecular weight excluding hydrogens is 260 g/mol. The molecule has 0 aromatic carbocycles. The van der Waals surface area contributed by atoms with Crippen LogP contribution in [0.2, 0.25) is 0 Å². The molecule has 0 aliphatic carbocycles. The van der Waals surface area contributed by atoms with E-state index in [4.69, 9.17) is 4.74 Å². The van der Waals surface area contributed by atoms with E-state index < -0.39 is 17.5 Å². The molecule has 1 aliphatic rings. The van der Waals surface area contributed by atoms with Crippen LogP contribution in [-0.4, -0.2) is 41.9 Å². The van der Waals surface area contributed by atoms with E-state index in [9.17, 15) is 14.7 Å². The van der Waals surface area contributed by atoms with Crippen molar-refractivity contribution in [1.29, 1.82) is 0 Å². The Kier molecular flexibility index (Phi) is 6.78. The van der Waals surface area contributed by atoms with Gasteiger partial charge in [-0.25, -0.2) is 9.59 Å². The van der Waals surface area contributed by atoms with Crippen LogP contribution in [0.4, 0.5) is 4.79 Å². The van der Waals surface area contributed by atoms with Gasteiger partial charge in [0.15, 0.2) is 0 Å². The number of carboxylic acid groups (broad SMARTS) is 1. The number of unbranched alkanes of at least 4 members (excludes halogenated alkanes) is 2. The van der Waals surface area contributed by atoms with Crippen LogP contribution in [0.1, 0.15) is 52.4 Å². The number of hydrogen-bond acceptors (Lipinski definition) is 3. The van der Waals surface area contributed by atoms with Gasteiger partial charge < -0.3 is 20.5 Å². The third-order valence-corrected chi connectivity index (χ3v) is 3.73. The van der Waals surface area contributed by atoms with E-state index in [1.807, 2.05) is 6.92 Å². The molecule has 1 rings (SSSR count). The monoisotopic (exact) mass is 286 g/mol. The van der Waals surface area contributed by atoms with E-state index in [1.54, 1.807) is 0 Å². The first kappa shape index (κ1) is 16.8. The molecule has 1 heterocycles. The summed E-state index contributed by atoms with van der Waals surface area (Å²) in [7, 11) is 0. The zero-order valence-electron chi connectivity index (χ0n) is 12.4. The van der Waals surface area contributed by atoms with Gasteiger partial charge in [-0.15, -0.1) is 0 Å². The molecule has 0 aromatic heterocycles. The Morgan fingerprint density at radius 3 is 2.50 bits per heavy atom. The van der Waals surface area contributed by atoms with E-state index in [0.717, 1.165) is 25.7 Å². The molecule has 1 fully saturated rings. The van der Waals surface area contributed by atoms with Gasteiger partial charge in [-0.3, -0.25) is 0 Å². The van der Waals surface area contributed by atoms with Gasteiger partial charge in [0.25, 0.3) is 0 Å². The van der Waals surface area contributed by atoms with Crippen molar-refractivity contribution in [3.8, 4) is 0 Å². The van der Waals surface area contributed by atoms with Crippen molar-refractivity contribution in [2.24, 2.45) is 0 Å². The van der Waals surface area contributed by atoms with Crippen LogP contribution in [0, 0.1) is 0 Å². The number of urea groups is 1. The third-order valence-electron chi connectivity index (χ3n) is 3.73. The molecule has 0 saturated carbocycles.